The molecule has 0 radical (unpaired) electrons. The van der Waals surface area contributed by atoms with E-state index in [1.807, 2.05) is 18.2 Å². The number of esters is 1. The summed E-state index contributed by atoms with van der Waals surface area (Å²) in [5.41, 5.74) is 3.33. The van der Waals surface area contributed by atoms with Gasteiger partial charge in [-0.2, -0.15) is 0 Å². The monoisotopic (exact) mass is 421 g/mol. The summed E-state index contributed by atoms with van der Waals surface area (Å²) >= 11 is 0. The van der Waals surface area contributed by atoms with Gasteiger partial charge in [0.25, 0.3) is 0 Å². The highest BCUT2D eigenvalue weighted by Crippen LogP contribution is 2.57. The summed E-state index contributed by atoms with van der Waals surface area (Å²) in [6.45, 7) is 3.09. The van der Waals surface area contributed by atoms with E-state index in [0.717, 1.165) is 56.4 Å². The van der Waals surface area contributed by atoms with E-state index in [2.05, 4.69) is 49.3 Å². The number of nitrogens with zero attached hydrogens (tertiary/aromatic N) is 1. The zero-order valence-electron chi connectivity index (χ0n) is 19.2. The molecule has 4 heteroatoms. The van der Waals surface area contributed by atoms with E-state index in [9.17, 15) is 4.79 Å². The van der Waals surface area contributed by atoms with Crippen LogP contribution in [0.5, 0.6) is 5.75 Å². The average Bonchev–Trinajstić information content (AvgIpc) is 2.76. The predicted octanol–water partition coefficient (Wildman–Crippen LogP) is 5.28. The molecule has 0 amide bonds. The van der Waals surface area contributed by atoms with E-state index < -0.39 is 5.60 Å². The number of benzene rings is 2. The summed E-state index contributed by atoms with van der Waals surface area (Å²) in [5.74, 6) is 0.743. The Balaban J connectivity index is 1.72. The molecule has 0 unspecified atom stereocenters. The first-order chi connectivity index (χ1) is 14.9. The van der Waals surface area contributed by atoms with Crippen molar-refractivity contribution in [3.8, 4) is 5.75 Å². The molecule has 31 heavy (non-hydrogen) atoms. The van der Waals surface area contributed by atoms with Gasteiger partial charge in [-0.05, 0) is 88.0 Å². The zero-order chi connectivity index (χ0) is 21.9. The van der Waals surface area contributed by atoms with Crippen LogP contribution < -0.4 is 4.74 Å². The molecule has 2 atom stereocenters. The van der Waals surface area contributed by atoms with E-state index in [4.69, 9.17) is 9.47 Å². The number of aryl methyl sites for hydroxylation is 1. The van der Waals surface area contributed by atoms with Gasteiger partial charge in [-0.1, -0.05) is 42.8 Å². The maximum absolute atomic E-state index is 12.2. The second-order valence-corrected chi connectivity index (χ2v) is 9.52. The molecule has 2 aromatic rings. The average molecular weight is 422 g/mol. The topological polar surface area (TPSA) is 38.8 Å². The fourth-order valence-electron chi connectivity index (χ4n) is 5.81. The van der Waals surface area contributed by atoms with Gasteiger partial charge < -0.3 is 14.4 Å². The molecule has 4 rings (SSSR count). The van der Waals surface area contributed by atoms with E-state index in [1.54, 1.807) is 6.92 Å². The molecule has 2 aliphatic rings. The van der Waals surface area contributed by atoms with Crippen LogP contribution in [-0.4, -0.2) is 37.1 Å². The lowest BCUT2D eigenvalue weighted by Gasteiger charge is -2.56. The van der Waals surface area contributed by atoms with Gasteiger partial charge in [-0.25, -0.2) is 0 Å². The highest BCUT2D eigenvalue weighted by atomic mass is 16.6. The van der Waals surface area contributed by atoms with Crippen molar-refractivity contribution >= 4 is 5.97 Å². The number of rotatable bonds is 7. The van der Waals surface area contributed by atoms with Crippen LogP contribution >= 0.6 is 0 Å². The molecule has 0 spiro atoms. The van der Waals surface area contributed by atoms with Crippen molar-refractivity contribution in [1.29, 1.82) is 0 Å². The fourth-order valence-corrected chi connectivity index (χ4v) is 5.81. The summed E-state index contributed by atoms with van der Waals surface area (Å²) in [4.78, 5) is 14.5. The van der Waals surface area contributed by atoms with Crippen LogP contribution in [0.15, 0.2) is 48.5 Å². The normalized spacial score (nSPS) is 24.9. The lowest BCUT2D eigenvalue weighted by atomic mass is 9.53. The van der Waals surface area contributed by atoms with Crippen LogP contribution in [-0.2, 0) is 28.0 Å². The molecule has 4 nitrogen and oxygen atoms in total. The summed E-state index contributed by atoms with van der Waals surface area (Å²) in [7, 11) is 4.24. The SMILES string of the molecule is CC(=O)O[C@]12CCCC[C@@]1(CCN(C)C)c1cc(OCc3ccccc3)ccc1CC2. The minimum atomic E-state index is -0.405. The minimum absolute atomic E-state index is 0.152. The van der Waals surface area contributed by atoms with Crippen molar-refractivity contribution in [3.63, 3.8) is 0 Å². The van der Waals surface area contributed by atoms with Gasteiger partial charge in [-0.15, -0.1) is 0 Å². The second-order valence-electron chi connectivity index (χ2n) is 9.52. The summed E-state index contributed by atoms with van der Waals surface area (Å²) in [6.07, 6.45) is 7.16. The molecule has 1 fully saturated rings. The molecule has 0 aromatic heterocycles. The van der Waals surface area contributed by atoms with E-state index in [-0.39, 0.29) is 11.4 Å². The van der Waals surface area contributed by atoms with Gasteiger partial charge in [0.15, 0.2) is 0 Å². The van der Waals surface area contributed by atoms with Crippen molar-refractivity contribution in [1.82, 2.24) is 4.90 Å². The van der Waals surface area contributed by atoms with Crippen LogP contribution in [0.25, 0.3) is 0 Å². The zero-order valence-corrected chi connectivity index (χ0v) is 19.2. The van der Waals surface area contributed by atoms with Crippen LogP contribution in [0.2, 0.25) is 0 Å². The molecule has 2 aliphatic carbocycles. The first kappa shape index (κ1) is 21.9. The quantitative estimate of drug-likeness (QED) is 0.571. The third-order valence-corrected chi connectivity index (χ3v) is 7.27. The lowest BCUT2D eigenvalue weighted by Crippen LogP contribution is -2.59. The van der Waals surface area contributed by atoms with Crippen molar-refractivity contribution < 1.29 is 14.3 Å². The third kappa shape index (κ3) is 4.36. The van der Waals surface area contributed by atoms with Crippen LogP contribution in [0.3, 0.4) is 0 Å². The Labute approximate surface area is 186 Å². The summed E-state index contributed by atoms with van der Waals surface area (Å²) in [6, 6.07) is 16.9. The Hall–Kier alpha value is -2.33. The molecule has 0 heterocycles. The first-order valence-electron chi connectivity index (χ1n) is 11.6. The molecule has 0 saturated heterocycles. The van der Waals surface area contributed by atoms with Gasteiger partial charge in [0.1, 0.15) is 18.0 Å². The van der Waals surface area contributed by atoms with Crippen molar-refractivity contribution in [2.24, 2.45) is 0 Å². The summed E-state index contributed by atoms with van der Waals surface area (Å²) < 4.78 is 12.5. The Kier molecular flexibility index (Phi) is 6.38. The predicted molar refractivity (Wildman–Crippen MR) is 123 cm³/mol. The van der Waals surface area contributed by atoms with E-state index in [0.29, 0.717) is 6.61 Å². The Bertz CT molecular complexity index is 910. The van der Waals surface area contributed by atoms with Crippen LogP contribution in [0.1, 0.15) is 62.1 Å². The van der Waals surface area contributed by atoms with Crippen molar-refractivity contribution in [3.05, 3.63) is 65.2 Å². The number of fused-ring (bicyclic) bond motifs is 3. The molecule has 0 aliphatic heterocycles. The maximum Gasteiger partial charge on any atom is 0.303 e. The number of carbonyl (C=O) groups is 1. The van der Waals surface area contributed by atoms with Gasteiger partial charge in [0, 0.05) is 12.3 Å². The molecular weight excluding hydrogens is 386 g/mol. The van der Waals surface area contributed by atoms with Gasteiger partial charge in [0.2, 0.25) is 0 Å². The standard InChI is InChI=1S/C27H35NO3/c1-21(29)31-27-15-8-7-14-26(27,17-18-28(2)3)25-19-24(12-11-23(25)13-16-27)30-20-22-9-5-4-6-10-22/h4-6,9-12,19H,7-8,13-18,20H2,1-3H3/t26-,27+/m1/s1. The fraction of sp³-hybridized carbons (Fsp3) is 0.519. The van der Waals surface area contributed by atoms with Gasteiger partial charge >= 0.3 is 5.97 Å². The summed E-state index contributed by atoms with van der Waals surface area (Å²) in [5, 5.41) is 0. The van der Waals surface area contributed by atoms with Gasteiger partial charge in [0.05, 0.1) is 0 Å². The Morgan fingerprint density at radius 1 is 1.03 bits per heavy atom. The molecular formula is C27H35NO3. The number of carbonyl (C=O) groups excluding carboxylic acids is 1. The molecule has 166 valence electrons. The molecule has 1 saturated carbocycles. The Morgan fingerprint density at radius 3 is 2.55 bits per heavy atom. The highest BCUT2D eigenvalue weighted by molar-refractivity contribution is 5.67. The molecule has 0 bridgehead atoms. The van der Waals surface area contributed by atoms with E-state index in [1.165, 1.54) is 17.5 Å². The van der Waals surface area contributed by atoms with Crippen LogP contribution in [0.4, 0.5) is 0 Å². The van der Waals surface area contributed by atoms with Crippen molar-refractivity contribution in [2.45, 2.75) is 69.5 Å². The second kappa shape index (κ2) is 9.04. The van der Waals surface area contributed by atoms with E-state index >= 15 is 0 Å². The van der Waals surface area contributed by atoms with Crippen LogP contribution in [0, 0.1) is 0 Å². The molecule has 2 aromatic carbocycles. The lowest BCUT2D eigenvalue weighted by molar-refractivity contribution is -0.177. The largest absolute Gasteiger partial charge is 0.489 e. The smallest absolute Gasteiger partial charge is 0.303 e. The number of hydrogen-bond acceptors (Lipinski definition) is 4. The third-order valence-electron chi connectivity index (χ3n) is 7.27. The first-order valence-corrected chi connectivity index (χ1v) is 11.6. The highest BCUT2D eigenvalue weighted by Gasteiger charge is 2.58. The van der Waals surface area contributed by atoms with Gasteiger partial charge in [-0.3, -0.25) is 4.79 Å². The number of hydrogen-bond donors (Lipinski definition) is 0. The number of ether oxygens (including phenoxy) is 2. The minimum Gasteiger partial charge on any atom is -0.489 e. The molecule has 0 N–H and O–H groups in total. The maximum atomic E-state index is 12.2. The Morgan fingerprint density at radius 2 is 1.81 bits per heavy atom. The van der Waals surface area contributed by atoms with Crippen molar-refractivity contribution in [2.75, 3.05) is 20.6 Å².